The van der Waals surface area contributed by atoms with Gasteiger partial charge >= 0.3 is 11.6 Å². The maximum absolute atomic E-state index is 13.3. The molecule has 1 aliphatic heterocycles. The smallest absolute Gasteiger partial charge is 0.344 e. The SMILES string of the molecule is COc1cc2c(oc(=O)c3cc(C)cc(OC)c32)c2c([C@@H]3O[C@H](C)[C@H](OC(C)=O)[C@@](C)(O)[C@H]3O)ccc(O)c12. The molecule has 0 unspecified atom stereocenters. The highest BCUT2D eigenvalue weighted by atomic mass is 16.6. The van der Waals surface area contributed by atoms with Crippen LogP contribution in [0.1, 0.15) is 38.0 Å². The number of carbonyl (C=O) groups is 1. The Hall–Kier alpha value is -3.86. The average molecular weight is 539 g/mol. The Morgan fingerprint density at radius 2 is 1.69 bits per heavy atom. The van der Waals surface area contributed by atoms with Gasteiger partial charge in [0.15, 0.2) is 6.10 Å². The van der Waals surface area contributed by atoms with E-state index >= 15 is 0 Å². The third-order valence-corrected chi connectivity index (χ3v) is 7.43. The normalized spacial score (nSPS) is 25.2. The van der Waals surface area contributed by atoms with E-state index in [0.29, 0.717) is 27.5 Å². The van der Waals surface area contributed by atoms with Crippen LogP contribution in [0.5, 0.6) is 17.2 Å². The first-order chi connectivity index (χ1) is 18.4. The van der Waals surface area contributed by atoms with Gasteiger partial charge in [0.25, 0.3) is 0 Å². The highest BCUT2D eigenvalue weighted by Crippen LogP contribution is 2.48. The van der Waals surface area contributed by atoms with Gasteiger partial charge in [0.05, 0.1) is 31.1 Å². The number of methoxy groups -OCH3 is 2. The zero-order valence-electron chi connectivity index (χ0n) is 22.4. The van der Waals surface area contributed by atoms with Crippen molar-refractivity contribution in [2.24, 2.45) is 0 Å². The van der Waals surface area contributed by atoms with Crippen molar-refractivity contribution < 1.29 is 43.5 Å². The van der Waals surface area contributed by atoms with Crippen LogP contribution in [0, 0.1) is 6.92 Å². The molecule has 0 radical (unpaired) electrons. The van der Waals surface area contributed by atoms with Crippen molar-refractivity contribution in [3.8, 4) is 17.2 Å². The predicted molar refractivity (Wildman–Crippen MR) is 142 cm³/mol. The zero-order valence-corrected chi connectivity index (χ0v) is 22.4. The van der Waals surface area contributed by atoms with Gasteiger partial charge in [-0.3, -0.25) is 4.79 Å². The topological polar surface area (TPSA) is 145 Å². The number of carbonyl (C=O) groups excluding carboxylic acids is 1. The maximum atomic E-state index is 13.3. The molecule has 1 aliphatic rings. The fraction of sp³-hybridized carbons (Fsp3) is 0.379. The third-order valence-electron chi connectivity index (χ3n) is 7.43. The molecule has 0 amide bonds. The summed E-state index contributed by atoms with van der Waals surface area (Å²) in [6.45, 7) is 6.01. The second-order valence-electron chi connectivity index (χ2n) is 10.1. The lowest BCUT2D eigenvalue weighted by molar-refractivity contribution is -0.267. The van der Waals surface area contributed by atoms with Gasteiger partial charge in [0.1, 0.15) is 40.6 Å². The molecule has 39 heavy (non-hydrogen) atoms. The standard InChI is InChI=1S/C29H30O10/c1-12-9-17-21(19(10-12)35-5)16-11-20(36-6)23-18(31)8-7-15(22(23)24(16)39-28(17)33)25-26(32)29(4,34)27(13(2)37-25)38-14(3)30/h7-11,13,25-27,31-32,34H,1-6H3/t13-,25+,26+,27+,29+/m1/s1. The molecule has 5 rings (SSSR count). The Bertz CT molecular complexity index is 1690. The van der Waals surface area contributed by atoms with E-state index in [4.69, 9.17) is 23.4 Å². The van der Waals surface area contributed by atoms with Crippen molar-refractivity contribution >= 4 is 38.5 Å². The van der Waals surface area contributed by atoms with Gasteiger partial charge in [-0.2, -0.15) is 0 Å². The molecule has 0 aliphatic carbocycles. The Kier molecular flexibility index (Phi) is 6.45. The van der Waals surface area contributed by atoms with Crippen LogP contribution in [0.3, 0.4) is 0 Å². The van der Waals surface area contributed by atoms with Gasteiger partial charge < -0.3 is 38.7 Å². The van der Waals surface area contributed by atoms with E-state index in [1.807, 2.05) is 6.92 Å². The van der Waals surface area contributed by atoms with Crippen LogP contribution in [-0.4, -0.2) is 59.4 Å². The molecular formula is C29H30O10. The molecule has 2 heterocycles. The highest BCUT2D eigenvalue weighted by molar-refractivity contribution is 6.19. The second-order valence-corrected chi connectivity index (χ2v) is 10.1. The Morgan fingerprint density at radius 3 is 2.33 bits per heavy atom. The lowest BCUT2D eigenvalue weighted by atomic mass is 9.80. The van der Waals surface area contributed by atoms with E-state index in [2.05, 4.69) is 0 Å². The molecule has 206 valence electrons. The number of hydrogen-bond donors (Lipinski definition) is 3. The number of phenols is 1. The van der Waals surface area contributed by atoms with Crippen molar-refractivity contribution in [3.63, 3.8) is 0 Å². The second kappa shape index (κ2) is 9.41. The van der Waals surface area contributed by atoms with E-state index < -0.39 is 41.6 Å². The first kappa shape index (κ1) is 26.7. The Balaban J connectivity index is 1.89. The molecule has 4 aromatic rings. The van der Waals surface area contributed by atoms with Crippen molar-refractivity contribution in [1.29, 1.82) is 0 Å². The molecule has 1 saturated heterocycles. The summed E-state index contributed by atoms with van der Waals surface area (Å²) in [5.74, 6) is -0.0719. The Labute approximate surface area is 223 Å². The summed E-state index contributed by atoms with van der Waals surface area (Å²) in [6, 6.07) is 8.07. The summed E-state index contributed by atoms with van der Waals surface area (Å²) in [7, 11) is 2.94. The molecule has 0 bridgehead atoms. The average Bonchev–Trinajstić information content (AvgIpc) is 2.88. The number of ether oxygens (including phenoxy) is 4. The third kappa shape index (κ3) is 4.07. The number of aromatic hydroxyl groups is 1. The van der Waals surface area contributed by atoms with Crippen LogP contribution >= 0.6 is 0 Å². The van der Waals surface area contributed by atoms with Crippen molar-refractivity contribution in [3.05, 3.63) is 51.9 Å². The van der Waals surface area contributed by atoms with Crippen LogP contribution in [0.25, 0.3) is 32.5 Å². The minimum atomic E-state index is -1.90. The van der Waals surface area contributed by atoms with Gasteiger partial charge in [-0.05, 0) is 56.2 Å². The predicted octanol–water partition coefficient (Wildman–Crippen LogP) is 3.63. The minimum Gasteiger partial charge on any atom is -0.507 e. The summed E-state index contributed by atoms with van der Waals surface area (Å²) < 4.78 is 28.5. The zero-order chi connectivity index (χ0) is 28.4. The summed E-state index contributed by atoms with van der Waals surface area (Å²) in [4.78, 5) is 24.9. The highest BCUT2D eigenvalue weighted by Gasteiger charge is 2.54. The monoisotopic (exact) mass is 538 g/mol. The molecule has 5 atom stereocenters. The largest absolute Gasteiger partial charge is 0.507 e. The van der Waals surface area contributed by atoms with Crippen LogP contribution in [0.4, 0.5) is 0 Å². The van der Waals surface area contributed by atoms with Gasteiger partial charge in [0.2, 0.25) is 0 Å². The molecule has 3 N–H and O–H groups in total. The number of rotatable bonds is 4. The fourth-order valence-electron chi connectivity index (χ4n) is 5.66. The van der Waals surface area contributed by atoms with E-state index in [-0.39, 0.29) is 27.9 Å². The summed E-state index contributed by atoms with van der Waals surface area (Å²) >= 11 is 0. The minimum absolute atomic E-state index is 0.113. The summed E-state index contributed by atoms with van der Waals surface area (Å²) in [6.07, 6.45) is -4.71. The van der Waals surface area contributed by atoms with Crippen LogP contribution in [0.15, 0.2) is 39.5 Å². The van der Waals surface area contributed by atoms with Gasteiger partial charge in [-0.1, -0.05) is 6.07 Å². The van der Waals surface area contributed by atoms with Gasteiger partial charge in [0, 0.05) is 23.1 Å². The number of aliphatic hydroxyl groups is 2. The number of hydrogen-bond acceptors (Lipinski definition) is 10. The molecule has 1 aromatic heterocycles. The van der Waals surface area contributed by atoms with E-state index in [1.54, 1.807) is 25.1 Å². The first-order valence-corrected chi connectivity index (χ1v) is 12.4. The maximum Gasteiger partial charge on any atom is 0.344 e. The van der Waals surface area contributed by atoms with E-state index in [9.17, 15) is 24.9 Å². The first-order valence-electron chi connectivity index (χ1n) is 12.4. The number of phenolic OH excluding ortho intramolecular Hbond substituents is 1. The van der Waals surface area contributed by atoms with Gasteiger partial charge in [-0.25, -0.2) is 4.79 Å². The number of fused-ring (bicyclic) bond motifs is 5. The molecule has 0 spiro atoms. The molecule has 10 nitrogen and oxygen atoms in total. The number of esters is 1. The summed E-state index contributed by atoms with van der Waals surface area (Å²) in [5.41, 5.74) is -1.29. The molecule has 1 fully saturated rings. The summed E-state index contributed by atoms with van der Waals surface area (Å²) in [5, 5.41) is 35.3. The molecule has 3 aromatic carbocycles. The van der Waals surface area contributed by atoms with Crippen LogP contribution in [0.2, 0.25) is 0 Å². The number of benzene rings is 3. The van der Waals surface area contributed by atoms with E-state index in [0.717, 1.165) is 5.56 Å². The number of aliphatic hydroxyl groups excluding tert-OH is 1. The Morgan fingerprint density at radius 1 is 1.03 bits per heavy atom. The number of aryl methyl sites for hydroxylation is 1. The van der Waals surface area contributed by atoms with Crippen LogP contribution in [-0.2, 0) is 14.3 Å². The lowest BCUT2D eigenvalue weighted by Crippen LogP contribution is -2.62. The van der Waals surface area contributed by atoms with Crippen molar-refractivity contribution in [1.82, 2.24) is 0 Å². The molecule has 0 saturated carbocycles. The fourth-order valence-corrected chi connectivity index (χ4v) is 5.66. The van der Waals surface area contributed by atoms with Crippen molar-refractivity contribution in [2.45, 2.75) is 57.7 Å². The quantitative estimate of drug-likeness (QED) is 0.200. The van der Waals surface area contributed by atoms with Crippen LogP contribution < -0.4 is 15.1 Å². The van der Waals surface area contributed by atoms with Gasteiger partial charge in [-0.15, -0.1) is 0 Å². The molecular weight excluding hydrogens is 508 g/mol. The molecule has 10 heteroatoms. The lowest BCUT2D eigenvalue weighted by Gasteiger charge is -2.47. The van der Waals surface area contributed by atoms with Crippen molar-refractivity contribution in [2.75, 3.05) is 14.2 Å². The van der Waals surface area contributed by atoms with E-state index in [1.165, 1.54) is 40.2 Å².